The van der Waals surface area contributed by atoms with Crippen molar-refractivity contribution >= 4 is 91.0 Å². The van der Waals surface area contributed by atoms with Crippen LogP contribution in [0.15, 0.2) is 64.0 Å². The Balaban J connectivity index is 0.879. The average Bonchev–Trinajstić information content (AvgIpc) is 3.61. The van der Waals surface area contributed by atoms with Gasteiger partial charge in [-0.2, -0.15) is 4.98 Å². The molecule has 69 heavy (non-hydrogen) atoms. The Labute approximate surface area is 410 Å². The lowest BCUT2D eigenvalue weighted by atomic mass is 10.0. The van der Waals surface area contributed by atoms with Crippen LogP contribution in [0.2, 0.25) is 0 Å². The topological polar surface area (TPSA) is 189 Å². The molecule has 2 amide bonds. The van der Waals surface area contributed by atoms with Gasteiger partial charge in [-0.3, -0.25) is 29.0 Å². The molecule has 19 heteroatoms. The third-order valence-corrected chi connectivity index (χ3v) is 15.2. The summed E-state index contributed by atoms with van der Waals surface area (Å²) in [5.74, 6) is 0.326. The number of carbonyl (C=O) groups is 2. The van der Waals surface area contributed by atoms with Gasteiger partial charge in [0.05, 0.1) is 39.0 Å². The molecule has 3 aromatic carbocycles. The fraction of sp³-hybridized carbons (Fsp3) is 0.440. The number of benzene rings is 3. The zero-order valence-corrected chi connectivity index (χ0v) is 42.7. The van der Waals surface area contributed by atoms with Gasteiger partial charge >= 0.3 is 5.69 Å². The Morgan fingerprint density at radius 1 is 0.913 bits per heavy atom. The molecule has 0 spiro atoms. The Hall–Kier alpha value is -5.68. The SMILES string of the molecule is CCOc1cc(N2CCC(NCCNCCc3c(F)ccc4c3n(CC)c(=O)n4C3CCC(=O)NC3=O)CC2)c(CC)cc1Nc1ncc(Br)c(Nc2ccc3nc(CC)ccc3c2P(C)(C)=O)n1. The van der Waals surface area contributed by atoms with Crippen molar-refractivity contribution in [3.63, 3.8) is 0 Å². The number of hydrogen-bond acceptors (Lipinski definition) is 13. The summed E-state index contributed by atoms with van der Waals surface area (Å²) in [5, 5.41) is 17.9. The predicted octanol–water partition coefficient (Wildman–Crippen LogP) is 7.69. The highest BCUT2D eigenvalue weighted by Gasteiger charge is 2.33. The Morgan fingerprint density at radius 3 is 2.42 bits per heavy atom. The number of ether oxygens (including phenoxy) is 1. The summed E-state index contributed by atoms with van der Waals surface area (Å²) in [6.07, 6.45) is 5.95. The molecule has 0 radical (unpaired) electrons. The van der Waals surface area contributed by atoms with Crippen molar-refractivity contribution in [1.29, 1.82) is 0 Å². The van der Waals surface area contributed by atoms with E-state index in [4.69, 9.17) is 14.7 Å². The lowest BCUT2D eigenvalue weighted by molar-refractivity contribution is -0.135. The lowest BCUT2D eigenvalue weighted by Crippen LogP contribution is -2.44. The summed E-state index contributed by atoms with van der Waals surface area (Å²) in [6, 6.07) is 14.5. The van der Waals surface area contributed by atoms with E-state index in [2.05, 4.69) is 78.4 Å². The maximum Gasteiger partial charge on any atom is 0.329 e. The van der Waals surface area contributed by atoms with Crippen molar-refractivity contribution in [3.05, 3.63) is 92.3 Å². The molecule has 0 saturated carbocycles. The van der Waals surface area contributed by atoms with Crippen LogP contribution in [0.5, 0.6) is 5.75 Å². The van der Waals surface area contributed by atoms with Gasteiger partial charge in [-0.15, -0.1) is 0 Å². The van der Waals surface area contributed by atoms with Crippen molar-refractivity contribution in [1.82, 2.24) is 40.0 Å². The highest BCUT2D eigenvalue weighted by molar-refractivity contribution is 9.10. The van der Waals surface area contributed by atoms with Crippen molar-refractivity contribution in [2.75, 3.05) is 68.2 Å². The molecule has 0 bridgehead atoms. The largest absolute Gasteiger partial charge is 0.492 e. The average molecular weight is 1030 g/mol. The molecule has 8 rings (SSSR count). The highest BCUT2D eigenvalue weighted by Crippen LogP contribution is 2.42. The van der Waals surface area contributed by atoms with E-state index in [1.54, 1.807) is 25.6 Å². The minimum absolute atomic E-state index is 0.139. The quantitative estimate of drug-likeness (QED) is 0.0302. The second-order valence-corrected chi connectivity index (χ2v) is 21.9. The molecule has 0 aliphatic carbocycles. The van der Waals surface area contributed by atoms with Gasteiger partial charge in [0.25, 0.3) is 0 Å². The summed E-state index contributed by atoms with van der Waals surface area (Å²) in [4.78, 5) is 54.7. The minimum atomic E-state index is -2.76. The number of carbonyl (C=O) groups excluding carboxylic acids is 2. The summed E-state index contributed by atoms with van der Waals surface area (Å²) in [7, 11) is -2.76. The second-order valence-electron chi connectivity index (χ2n) is 17.9. The number of nitrogens with zero attached hydrogens (tertiary/aromatic N) is 6. The summed E-state index contributed by atoms with van der Waals surface area (Å²) in [5.41, 5.74) is 6.59. The molecule has 16 nitrogen and oxygen atoms in total. The van der Waals surface area contributed by atoms with E-state index in [0.717, 1.165) is 78.6 Å². The monoisotopic (exact) mass is 1030 g/mol. The number of aryl methyl sites for hydroxylation is 3. The van der Waals surface area contributed by atoms with Crippen LogP contribution in [0.4, 0.5) is 33.2 Å². The first kappa shape index (κ1) is 49.7. The zero-order chi connectivity index (χ0) is 49.0. The van der Waals surface area contributed by atoms with Gasteiger partial charge in [-0.25, -0.2) is 14.2 Å². The molecular weight excluding hydrogens is 964 g/mol. The van der Waals surface area contributed by atoms with Gasteiger partial charge in [0.1, 0.15) is 30.6 Å². The van der Waals surface area contributed by atoms with Gasteiger partial charge in [0.2, 0.25) is 17.8 Å². The number of anilines is 5. The molecule has 2 aliphatic rings. The molecule has 1 unspecified atom stereocenters. The van der Waals surface area contributed by atoms with Crippen LogP contribution < -0.4 is 47.2 Å². The Morgan fingerprint density at radius 2 is 1.71 bits per heavy atom. The fourth-order valence-corrected chi connectivity index (χ4v) is 11.4. The number of aromatic nitrogens is 5. The molecule has 1 atom stereocenters. The van der Waals surface area contributed by atoms with Crippen LogP contribution in [0, 0.1) is 5.82 Å². The number of halogens is 2. The summed E-state index contributed by atoms with van der Waals surface area (Å²) >= 11 is 3.63. The number of imide groups is 1. The van der Waals surface area contributed by atoms with Gasteiger partial charge in [0, 0.05) is 85.1 Å². The van der Waals surface area contributed by atoms with Crippen molar-refractivity contribution < 1.29 is 23.3 Å². The van der Waals surface area contributed by atoms with Crippen LogP contribution in [-0.4, -0.2) is 94.6 Å². The van der Waals surface area contributed by atoms with Crippen molar-refractivity contribution in [2.24, 2.45) is 0 Å². The van der Waals surface area contributed by atoms with E-state index in [9.17, 15) is 18.9 Å². The molecule has 3 aromatic heterocycles. The van der Waals surface area contributed by atoms with Crippen LogP contribution >= 0.6 is 23.1 Å². The highest BCUT2D eigenvalue weighted by atomic mass is 79.9. The molecule has 5 heterocycles. The molecule has 366 valence electrons. The minimum Gasteiger partial charge on any atom is -0.492 e. The number of pyridine rings is 1. The zero-order valence-electron chi connectivity index (χ0n) is 40.2. The predicted molar refractivity (Wildman–Crippen MR) is 277 cm³/mol. The van der Waals surface area contributed by atoms with Crippen LogP contribution in [0.1, 0.15) is 76.2 Å². The van der Waals surface area contributed by atoms with E-state index in [1.165, 1.54) is 20.8 Å². The molecule has 5 N–H and O–H groups in total. The first-order valence-electron chi connectivity index (χ1n) is 24.0. The molecule has 2 fully saturated rings. The van der Waals surface area contributed by atoms with Crippen LogP contribution in [-0.2, 0) is 40.0 Å². The van der Waals surface area contributed by atoms with E-state index < -0.39 is 24.9 Å². The van der Waals surface area contributed by atoms with Gasteiger partial charge < -0.3 is 35.5 Å². The van der Waals surface area contributed by atoms with Gasteiger partial charge in [0.15, 0.2) is 0 Å². The van der Waals surface area contributed by atoms with E-state index >= 15 is 4.39 Å². The van der Waals surface area contributed by atoms with E-state index in [1.807, 2.05) is 38.1 Å². The maximum atomic E-state index is 15.4. The normalized spacial score (nSPS) is 15.8. The Bertz CT molecular complexity index is 3000. The number of piperidine rings is 2. The van der Waals surface area contributed by atoms with Gasteiger partial charge in [-0.1, -0.05) is 19.9 Å². The first-order valence-corrected chi connectivity index (χ1v) is 27.4. The van der Waals surface area contributed by atoms with Crippen LogP contribution in [0.25, 0.3) is 21.9 Å². The number of amides is 2. The number of hydrogen-bond donors (Lipinski definition) is 5. The Kier molecular flexibility index (Phi) is 15.5. The van der Waals surface area contributed by atoms with Crippen molar-refractivity contribution in [3.8, 4) is 5.75 Å². The number of rotatable bonds is 19. The third-order valence-electron chi connectivity index (χ3n) is 13.0. The maximum absolute atomic E-state index is 15.4. The molecule has 6 aromatic rings. The molecular formula is C50H62BrFN11O5P. The first-order chi connectivity index (χ1) is 33.2. The fourth-order valence-electron chi connectivity index (χ4n) is 9.65. The summed E-state index contributed by atoms with van der Waals surface area (Å²) < 4.78 is 38.9. The lowest BCUT2D eigenvalue weighted by Gasteiger charge is -2.35. The molecule has 2 aliphatic heterocycles. The standard InChI is InChI=1S/C50H62BrFN11O5P/c1-7-30-27-39(58-49-55-29-35(51)47(60-49)57-38-15-14-37-34(46(38)69(5,6)67)12-11-31(8-2)56-37)43(68-10-4)28-42(30)61-25-20-32(21-26-61)54-24-23-53-22-19-33-36(52)13-16-40-45(33)62(9-3)50(66)63(40)41-17-18-44(64)59-48(41)65/h11-16,27-29,32,41,53-54H,7-10,17-26H2,1-6H3,(H,59,64,65)(H2,55,57,58,60). The van der Waals surface area contributed by atoms with E-state index in [0.29, 0.717) is 83.0 Å². The number of nitrogens with one attached hydrogen (secondary N) is 5. The van der Waals surface area contributed by atoms with Crippen molar-refractivity contribution in [2.45, 2.75) is 91.3 Å². The number of imidazole rings is 1. The summed E-state index contributed by atoms with van der Waals surface area (Å²) in [6.45, 7) is 16.0. The third kappa shape index (κ3) is 10.7. The smallest absolute Gasteiger partial charge is 0.329 e. The second kappa shape index (κ2) is 21.5. The van der Waals surface area contributed by atoms with Crippen LogP contribution in [0.3, 0.4) is 0 Å². The number of fused-ring (bicyclic) bond motifs is 2. The molecule has 2 saturated heterocycles. The van der Waals surface area contributed by atoms with E-state index in [-0.39, 0.29) is 24.4 Å². The van der Waals surface area contributed by atoms with Gasteiger partial charge in [-0.05, 0) is 130 Å².